The summed E-state index contributed by atoms with van der Waals surface area (Å²) in [6, 6.07) is 16.3. The highest BCUT2D eigenvalue weighted by molar-refractivity contribution is 6.37. The van der Waals surface area contributed by atoms with Gasteiger partial charge in [-0.15, -0.1) is 0 Å². The van der Waals surface area contributed by atoms with E-state index in [0.717, 1.165) is 54.4 Å². The highest BCUT2D eigenvalue weighted by Crippen LogP contribution is 2.54. The third-order valence-electron chi connectivity index (χ3n) is 7.35. The summed E-state index contributed by atoms with van der Waals surface area (Å²) in [4.78, 5) is 16.4. The molecule has 0 aliphatic carbocycles. The first kappa shape index (κ1) is 16.0. The number of rotatable bonds is 0. The molecule has 0 radical (unpaired) electrons. The molecule has 6 aromatic rings. The van der Waals surface area contributed by atoms with Gasteiger partial charge in [-0.2, -0.15) is 0 Å². The van der Waals surface area contributed by atoms with Gasteiger partial charge in [-0.1, -0.05) is 36.4 Å². The van der Waals surface area contributed by atoms with Crippen molar-refractivity contribution in [3.63, 3.8) is 0 Å². The SMILES string of the molecule is C[C@]12O[C@H](CC1=O)n1c3ccccc3c3c4c(O)[nH]cc4c4c5ccccc5n2c4c31. The molecule has 5 heterocycles. The highest BCUT2D eigenvalue weighted by atomic mass is 16.6. The minimum atomic E-state index is -1.08. The third-order valence-corrected chi connectivity index (χ3v) is 7.35. The van der Waals surface area contributed by atoms with Crippen molar-refractivity contribution in [1.82, 2.24) is 14.1 Å². The molecule has 0 saturated carbocycles. The van der Waals surface area contributed by atoms with Gasteiger partial charge in [0.2, 0.25) is 5.72 Å². The maximum Gasteiger partial charge on any atom is 0.204 e. The summed E-state index contributed by atoms with van der Waals surface area (Å²) in [5.74, 6) is 0.239. The molecule has 1 fully saturated rings. The van der Waals surface area contributed by atoms with Crippen LogP contribution in [0.15, 0.2) is 54.7 Å². The maximum absolute atomic E-state index is 13.4. The fourth-order valence-corrected chi connectivity index (χ4v) is 6.13. The predicted octanol–water partition coefficient (Wildman–Crippen LogP) is 5.26. The van der Waals surface area contributed by atoms with Crippen LogP contribution in [0.3, 0.4) is 0 Å². The number of nitrogens with zero attached hydrogens (tertiary/aromatic N) is 2. The second-order valence-electron chi connectivity index (χ2n) is 8.80. The van der Waals surface area contributed by atoms with Crippen LogP contribution >= 0.6 is 0 Å². The van der Waals surface area contributed by atoms with E-state index in [9.17, 15) is 9.90 Å². The number of ether oxygens (including phenoxy) is 1. The second kappa shape index (κ2) is 4.76. The summed E-state index contributed by atoms with van der Waals surface area (Å²) in [6.45, 7) is 1.89. The number of para-hydroxylation sites is 2. The number of hydrogen-bond acceptors (Lipinski definition) is 3. The molecule has 8 rings (SSSR count). The summed E-state index contributed by atoms with van der Waals surface area (Å²) < 4.78 is 10.8. The van der Waals surface area contributed by atoms with Crippen LogP contribution in [-0.2, 0) is 15.3 Å². The Hall–Kier alpha value is -3.77. The lowest BCUT2D eigenvalue weighted by molar-refractivity contribution is -0.145. The summed E-state index contributed by atoms with van der Waals surface area (Å²) in [5.41, 5.74) is 2.88. The Balaban J connectivity index is 1.86. The fourth-order valence-electron chi connectivity index (χ4n) is 6.13. The molecule has 2 aliphatic rings. The molecule has 0 amide bonds. The molecule has 3 aromatic carbocycles. The monoisotopic (exact) mass is 407 g/mol. The van der Waals surface area contributed by atoms with Crippen LogP contribution in [-0.4, -0.2) is 25.0 Å². The number of carbonyl (C=O) groups excluding carboxylic acids is 1. The van der Waals surface area contributed by atoms with Crippen LogP contribution in [0.2, 0.25) is 0 Å². The third kappa shape index (κ3) is 1.53. The number of aromatic hydroxyl groups is 1. The van der Waals surface area contributed by atoms with Gasteiger partial charge in [0.25, 0.3) is 0 Å². The van der Waals surface area contributed by atoms with Crippen molar-refractivity contribution in [2.24, 2.45) is 0 Å². The molecule has 6 nitrogen and oxygen atoms in total. The average molecular weight is 407 g/mol. The lowest BCUT2D eigenvalue weighted by atomic mass is 10.0. The number of nitrogens with one attached hydrogen (secondary N) is 1. The van der Waals surface area contributed by atoms with Crippen molar-refractivity contribution in [2.45, 2.75) is 25.3 Å². The topological polar surface area (TPSA) is 72.2 Å². The number of hydrogen-bond donors (Lipinski definition) is 2. The first-order chi connectivity index (χ1) is 15.1. The first-order valence-corrected chi connectivity index (χ1v) is 10.5. The van der Waals surface area contributed by atoms with E-state index in [4.69, 9.17) is 4.74 Å². The molecule has 0 spiro atoms. The largest absolute Gasteiger partial charge is 0.494 e. The molecule has 2 bridgehead atoms. The van der Waals surface area contributed by atoms with Crippen LogP contribution in [0.4, 0.5) is 0 Å². The lowest BCUT2D eigenvalue weighted by Crippen LogP contribution is -2.35. The van der Waals surface area contributed by atoms with Crippen LogP contribution in [0.25, 0.3) is 54.4 Å². The van der Waals surface area contributed by atoms with Crippen molar-refractivity contribution in [3.8, 4) is 5.88 Å². The van der Waals surface area contributed by atoms with Crippen LogP contribution in [0, 0.1) is 0 Å². The van der Waals surface area contributed by atoms with E-state index in [0.29, 0.717) is 6.42 Å². The zero-order valence-electron chi connectivity index (χ0n) is 16.6. The molecule has 2 aliphatic heterocycles. The first-order valence-electron chi connectivity index (χ1n) is 10.5. The van der Waals surface area contributed by atoms with Gasteiger partial charge >= 0.3 is 0 Å². The van der Waals surface area contributed by atoms with E-state index in [1.807, 2.05) is 43.5 Å². The van der Waals surface area contributed by atoms with Gasteiger partial charge in [0.1, 0.15) is 6.23 Å². The number of carbonyl (C=O) groups is 1. The molecule has 150 valence electrons. The smallest absolute Gasteiger partial charge is 0.204 e. The Morgan fingerprint density at radius 2 is 1.68 bits per heavy atom. The minimum Gasteiger partial charge on any atom is -0.494 e. The number of H-pyrrole nitrogens is 1. The number of aromatic amines is 1. The Morgan fingerprint density at radius 3 is 2.48 bits per heavy atom. The zero-order chi connectivity index (χ0) is 20.6. The normalized spacial score (nSPS) is 22.7. The molecule has 1 saturated heterocycles. The maximum atomic E-state index is 13.4. The quantitative estimate of drug-likeness (QED) is 0.361. The van der Waals surface area contributed by atoms with Gasteiger partial charge in [0, 0.05) is 33.1 Å². The lowest BCUT2D eigenvalue weighted by Gasteiger charge is -2.25. The Labute approximate surface area is 175 Å². The number of ketones is 1. The van der Waals surface area contributed by atoms with E-state index in [1.54, 1.807) is 0 Å². The number of fused-ring (bicyclic) bond motifs is 13. The van der Waals surface area contributed by atoms with Gasteiger partial charge in [-0.25, -0.2) is 0 Å². The highest BCUT2D eigenvalue weighted by Gasteiger charge is 2.51. The molecular weight excluding hydrogens is 390 g/mol. The van der Waals surface area contributed by atoms with Crippen LogP contribution < -0.4 is 0 Å². The zero-order valence-corrected chi connectivity index (χ0v) is 16.6. The number of aromatic nitrogens is 3. The summed E-state index contributed by atoms with van der Waals surface area (Å²) >= 11 is 0. The van der Waals surface area contributed by atoms with Crippen molar-refractivity contribution < 1.29 is 14.6 Å². The van der Waals surface area contributed by atoms with Gasteiger partial charge in [-0.05, 0) is 19.1 Å². The van der Waals surface area contributed by atoms with Gasteiger partial charge in [0.05, 0.1) is 33.9 Å². The van der Waals surface area contributed by atoms with Crippen LogP contribution in [0.5, 0.6) is 5.88 Å². The second-order valence-corrected chi connectivity index (χ2v) is 8.80. The minimum absolute atomic E-state index is 0.0775. The predicted molar refractivity (Wildman–Crippen MR) is 119 cm³/mol. The molecule has 2 atom stereocenters. The van der Waals surface area contributed by atoms with E-state index >= 15 is 0 Å². The molecule has 2 N–H and O–H groups in total. The Kier molecular flexibility index (Phi) is 2.45. The summed E-state index contributed by atoms with van der Waals surface area (Å²) in [5, 5.41) is 16.8. The standard InChI is InChI=1S/C25H17N3O3/c1-25-17(29)10-18(31-25)27-15-8-4-2-6-12(15)20-21-14(11-26-24(21)30)19-13-7-3-5-9-16(13)28(25)23(19)22(20)27/h2-9,11,18,26,30H,10H2,1H3/t18-,25+/m1/s1. The van der Waals surface area contributed by atoms with Crippen molar-refractivity contribution in [2.75, 3.05) is 0 Å². The fraction of sp³-hybridized carbons (Fsp3) is 0.160. The summed E-state index contributed by atoms with van der Waals surface area (Å²) in [7, 11) is 0. The van der Waals surface area contributed by atoms with E-state index in [1.165, 1.54) is 0 Å². The molecule has 6 heteroatoms. The Bertz CT molecular complexity index is 1800. The Morgan fingerprint density at radius 1 is 0.968 bits per heavy atom. The van der Waals surface area contributed by atoms with Crippen molar-refractivity contribution >= 4 is 60.2 Å². The van der Waals surface area contributed by atoms with Crippen LogP contribution in [0.1, 0.15) is 19.6 Å². The van der Waals surface area contributed by atoms with Crippen molar-refractivity contribution in [3.05, 3.63) is 54.7 Å². The van der Waals surface area contributed by atoms with Crippen molar-refractivity contribution in [1.29, 1.82) is 0 Å². The molecule has 3 aromatic heterocycles. The molecular formula is C25H17N3O3. The average Bonchev–Trinajstić information content (AvgIpc) is 3.46. The van der Waals surface area contributed by atoms with E-state index in [-0.39, 0.29) is 17.9 Å². The van der Waals surface area contributed by atoms with E-state index in [2.05, 4.69) is 32.3 Å². The van der Waals surface area contributed by atoms with E-state index < -0.39 is 5.72 Å². The molecule has 0 unspecified atom stereocenters. The molecule has 31 heavy (non-hydrogen) atoms. The number of benzene rings is 3. The van der Waals surface area contributed by atoms with Gasteiger partial charge in [0.15, 0.2) is 11.7 Å². The van der Waals surface area contributed by atoms with Gasteiger partial charge < -0.3 is 24.0 Å². The van der Waals surface area contributed by atoms with Gasteiger partial charge in [-0.3, -0.25) is 4.79 Å². The number of Topliss-reactive ketones (excluding diaryl/α,β-unsaturated/α-hetero) is 1. The summed E-state index contributed by atoms with van der Waals surface area (Å²) in [6.07, 6.45) is 1.80.